The number of hydrogen-bond acceptors (Lipinski definition) is 4. The maximum absolute atomic E-state index is 4.55. The van der Waals surface area contributed by atoms with Crippen molar-refractivity contribution in [2.45, 2.75) is 12.8 Å². The summed E-state index contributed by atoms with van der Waals surface area (Å²) in [5, 5.41) is 6.74. The third kappa shape index (κ3) is 3.18. The van der Waals surface area contributed by atoms with Crippen LogP contribution in [0.4, 0.5) is 0 Å². The summed E-state index contributed by atoms with van der Waals surface area (Å²) in [6.07, 6.45) is 2.24. The molecule has 0 aliphatic carbocycles. The molecule has 2 aromatic rings. The number of aliphatic imine (C=N–C) groups is 2. The third-order valence-corrected chi connectivity index (χ3v) is 4.44. The van der Waals surface area contributed by atoms with E-state index >= 15 is 0 Å². The second-order valence-corrected chi connectivity index (χ2v) is 6.18. The summed E-state index contributed by atoms with van der Waals surface area (Å²) >= 11 is 0. The lowest BCUT2D eigenvalue weighted by molar-refractivity contribution is 0.742. The van der Waals surface area contributed by atoms with E-state index in [9.17, 15) is 0 Å². The highest BCUT2D eigenvalue weighted by Gasteiger charge is 2.09. The average Bonchev–Trinajstić information content (AvgIpc) is 2.70. The first-order valence-corrected chi connectivity index (χ1v) is 8.68. The van der Waals surface area contributed by atoms with Crippen molar-refractivity contribution >= 4 is 11.7 Å². The summed E-state index contributed by atoms with van der Waals surface area (Å²) in [5.41, 5.74) is 4.77. The quantitative estimate of drug-likeness (QED) is 0.914. The molecule has 0 amide bonds. The molecule has 0 unspecified atom stereocenters. The molecule has 0 saturated carbocycles. The first-order valence-electron chi connectivity index (χ1n) is 8.68. The Morgan fingerprint density at radius 3 is 1.25 bits per heavy atom. The SMILES string of the molecule is c1cc(-c2ccc(C3=NCCCN3)cc2)ccc1C1=NCCCN1. The highest BCUT2D eigenvalue weighted by Crippen LogP contribution is 2.21. The zero-order valence-corrected chi connectivity index (χ0v) is 13.8. The van der Waals surface area contributed by atoms with Crippen molar-refractivity contribution in [3.63, 3.8) is 0 Å². The Kier molecular flexibility index (Phi) is 4.28. The van der Waals surface area contributed by atoms with E-state index in [1.54, 1.807) is 0 Å². The molecule has 2 aromatic carbocycles. The van der Waals surface area contributed by atoms with Gasteiger partial charge in [-0.15, -0.1) is 0 Å². The summed E-state index contributed by atoms with van der Waals surface area (Å²) < 4.78 is 0. The van der Waals surface area contributed by atoms with Gasteiger partial charge in [0.2, 0.25) is 0 Å². The topological polar surface area (TPSA) is 48.8 Å². The number of nitrogens with one attached hydrogen (secondary N) is 2. The Morgan fingerprint density at radius 2 is 0.917 bits per heavy atom. The molecule has 0 spiro atoms. The van der Waals surface area contributed by atoms with Crippen LogP contribution in [0.2, 0.25) is 0 Å². The van der Waals surface area contributed by atoms with E-state index in [0.29, 0.717) is 0 Å². The van der Waals surface area contributed by atoms with Crippen molar-refractivity contribution in [1.29, 1.82) is 0 Å². The first-order chi connectivity index (χ1) is 11.9. The van der Waals surface area contributed by atoms with E-state index in [1.807, 2.05) is 0 Å². The summed E-state index contributed by atoms with van der Waals surface area (Å²) in [6, 6.07) is 17.2. The van der Waals surface area contributed by atoms with E-state index in [0.717, 1.165) is 61.8 Å². The molecule has 4 rings (SSSR count). The molecule has 4 heteroatoms. The fraction of sp³-hybridized carbons (Fsp3) is 0.300. The summed E-state index contributed by atoms with van der Waals surface area (Å²) in [7, 11) is 0. The second-order valence-electron chi connectivity index (χ2n) is 6.18. The van der Waals surface area contributed by atoms with Gasteiger partial charge in [-0.25, -0.2) is 0 Å². The minimum atomic E-state index is 0.920. The molecule has 122 valence electrons. The van der Waals surface area contributed by atoms with E-state index in [4.69, 9.17) is 0 Å². The highest BCUT2D eigenvalue weighted by molar-refractivity contribution is 6.00. The van der Waals surface area contributed by atoms with Crippen LogP contribution in [0.5, 0.6) is 0 Å². The molecule has 0 atom stereocenters. The van der Waals surface area contributed by atoms with Gasteiger partial charge in [-0.1, -0.05) is 48.5 Å². The third-order valence-electron chi connectivity index (χ3n) is 4.44. The zero-order valence-electron chi connectivity index (χ0n) is 13.8. The summed E-state index contributed by atoms with van der Waals surface area (Å²) in [6.45, 7) is 3.87. The van der Waals surface area contributed by atoms with Crippen molar-refractivity contribution in [1.82, 2.24) is 10.6 Å². The molecule has 0 radical (unpaired) electrons. The van der Waals surface area contributed by atoms with Gasteiger partial charge in [-0.05, 0) is 24.0 Å². The molecule has 0 aromatic heterocycles. The van der Waals surface area contributed by atoms with E-state index in [1.165, 1.54) is 11.1 Å². The molecule has 2 aliphatic heterocycles. The van der Waals surface area contributed by atoms with Crippen LogP contribution in [-0.4, -0.2) is 37.9 Å². The fourth-order valence-corrected chi connectivity index (χ4v) is 3.09. The smallest absolute Gasteiger partial charge is 0.128 e. The Bertz CT molecular complexity index is 690. The number of benzene rings is 2. The van der Waals surface area contributed by atoms with Crippen LogP contribution in [0.25, 0.3) is 11.1 Å². The number of hydrogen-bond donors (Lipinski definition) is 2. The minimum Gasteiger partial charge on any atom is -0.370 e. The van der Waals surface area contributed by atoms with Crippen LogP contribution in [0.15, 0.2) is 58.5 Å². The number of nitrogens with zero attached hydrogens (tertiary/aromatic N) is 2. The van der Waals surface area contributed by atoms with Gasteiger partial charge in [-0.3, -0.25) is 9.98 Å². The van der Waals surface area contributed by atoms with Crippen LogP contribution in [-0.2, 0) is 0 Å². The van der Waals surface area contributed by atoms with Gasteiger partial charge in [0.1, 0.15) is 11.7 Å². The predicted molar refractivity (Wildman–Crippen MR) is 99.9 cm³/mol. The maximum Gasteiger partial charge on any atom is 0.128 e. The molecule has 2 heterocycles. The predicted octanol–water partition coefficient (Wildman–Crippen LogP) is 2.83. The molecule has 4 nitrogen and oxygen atoms in total. The lowest BCUT2D eigenvalue weighted by Crippen LogP contribution is -2.30. The Morgan fingerprint density at radius 1 is 0.542 bits per heavy atom. The van der Waals surface area contributed by atoms with Crippen LogP contribution < -0.4 is 10.6 Å². The lowest BCUT2D eigenvalue weighted by atomic mass is 10.0. The molecular formula is C20H22N4. The van der Waals surface area contributed by atoms with Gasteiger partial charge in [0.25, 0.3) is 0 Å². The first kappa shape index (κ1) is 14.9. The fourth-order valence-electron chi connectivity index (χ4n) is 3.09. The molecule has 0 fully saturated rings. The van der Waals surface area contributed by atoms with Gasteiger partial charge in [0.15, 0.2) is 0 Å². The molecule has 24 heavy (non-hydrogen) atoms. The van der Waals surface area contributed by atoms with Crippen molar-refractivity contribution in [3.05, 3.63) is 59.7 Å². The van der Waals surface area contributed by atoms with Gasteiger partial charge in [-0.2, -0.15) is 0 Å². The van der Waals surface area contributed by atoms with Gasteiger partial charge < -0.3 is 10.6 Å². The highest BCUT2D eigenvalue weighted by atomic mass is 15.0. The maximum atomic E-state index is 4.55. The van der Waals surface area contributed by atoms with Crippen molar-refractivity contribution < 1.29 is 0 Å². The summed E-state index contributed by atoms with van der Waals surface area (Å²) in [5.74, 6) is 2.04. The van der Waals surface area contributed by atoms with E-state index in [-0.39, 0.29) is 0 Å². The van der Waals surface area contributed by atoms with E-state index < -0.39 is 0 Å². The molecule has 2 N–H and O–H groups in total. The van der Waals surface area contributed by atoms with E-state index in [2.05, 4.69) is 69.1 Å². The standard InChI is InChI=1S/C20H22N4/c1-11-21-19(22-12-1)17-7-3-15(4-8-17)16-5-9-18(10-6-16)20-23-13-2-14-24-20/h3-10H,1-2,11-14H2,(H,21,22)(H,23,24). The lowest BCUT2D eigenvalue weighted by Gasteiger charge is -2.15. The average molecular weight is 318 g/mol. The van der Waals surface area contributed by atoms with Crippen LogP contribution >= 0.6 is 0 Å². The van der Waals surface area contributed by atoms with Gasteiger partial charge in [0, 0.05) is 37.3 Å². The van der Waals surface area contributed by atoms with Crippen LogP contribution in [0.3, 0.4) is 0 Å². The molecule has 0 saturated heterocycles. The molecule has 2 aliphatic rings. The monoisotopic (exact) mass is 318 g/mol. The Labute approximate surface area is 142 Å². The zero-order chi connectivity index (χ0) is 16.2. The molecule has 0 bridgehead atoms. The van der Waals surface area contributed by atoms with Crippen molar-refractivity contribution in [2.75, 3.05) is 26.2 Å². The Balaban J connectivity index is 1.53. The van der Waals surface area contributed by atoms with Gasteiger partial charge in [0.05, 0.1) is 0 Å². The summed E-state index contributed by atoms with van der Waals surface area (Å²) in [4.78, 5) is 9.10. The van der Waals surface area contributed by atoms with Crippen molar-refractivity contribution in [2.24, 2.45) is 9.98 Å². The Hall–Kier alpha value is -2.62. The van der Waals surface area contributed by atoms with Gasteiger partial charge >= 0.3 is 0 Å². The minimum absolute atomic E-state index is 0.920. The van der Waals surface area contributed by atoms with Crippen LogP contribution in [0, 0.1) is 0 Å². The normalized spacial score (nSPS) is 17.3. The van der Waals surface area contributed by atoms with Crippen LogP contribution in [0.1, 0.15) is 24.0 Å². The van der Waals surface area contributed by atoms with Crippen molar-refractivity contribution in [3.8, 4) is 11.1 Å². The number of amidine groups is 2. The second kappa shape index (κ2) is 6.87. The molecular weight excluding hydrogens is 296 g/mol. The largest absolute Gasteiger partial charge is 0.370 e. The number of rotatable bonds is 3.